The van der Waals surface area contributed by atoms with Crippen LogP contribution in [-0.4, -0.2) is 34.3 Å². The molecule has 0 fully saturated rings. The normalized spacial score (nSPS) is 22.3. The fraction of sp³-hybridized carbons (Fsp3) is 0.192. The van der Waals surface area contributed by atoms with Gasteiger partial charge in [-0.05, 0) is 49.3 Å². The highest BCUT2D eigenvalue weighted by Gasteiger charge is 2.50. The summed E-state index contributed by atoms with van der Waals surface area (Å²) in [7, 11) is 0. The Morgan fingerprint density at radius 1 is 1.20 bits per heavy atom. The van der Waals surface area contributed by atoms with Crippen LogP contribution in [-0.2, 0) is 11.9 Å². The molecule has 0 radical (unpaired) electrons. The molecule has 15 heteroatoms. The van der Waals surface area contributed by atoms with Crippen molar-refractivity contribution < 1.29 is 48.3 Å². The van der Waals surface area contributed by atoms with E-state index in [1.807, 2.05) is 0 Å². The van der Waals surface area contributed by atoms with Crippen LogP contribution in [0.3, 0.4) is 0 Å². The molecule has 2 atom stereocenters. The molecule has 0 spiro atoms. The lowest BCUT2D eigenvalue weighted by molar-refractivity contribution is -0.137. The predicted octanol–water partition coefficient (Wildman–Crippen LogP) is 5.93. The van der Waals surface area contributed by atoms with Crippen LogP contribution in [0.5, 0.6) is 0 Å². The number of fused-ring (bicyclic) bond motifs is 3. The Kier molecular flexibility index (Phi) is 5.46. The maximum atomic E-state index is 14.3. The van der Waals surface area contributed by atoms with Crippen molar-refractivity contribution >= 4 is 52.4 Å². The molecular weight excluding hydrogens is 598 g/mol. The smallest absolute Gasteiger partial charge is 0.363 e. The third-order valence-electron chi connectivity index (χ3n) is 6.35. The number of benzene rings is 3. The largest absolute Gasteiger partial charge is 0.416 e. The molecule has 8 nitrogen and oxygen atoms in total. The molecule has 5 rings (SSSR count). The van der Waals surface area contributed by atoms with E-state index in [-0.39, 0.29) is 16.0 Å². The molecule has 4 amide bonds. The summed E-state index contributed by atoms with van der Waals surface area (Å²) in [5, 5.41) is 18.0. The number of alkyl halides is 4. The van der Waals surface area contributed by atoms with E-state index in [0.29, 0.717) is 12.1 Å². The maximum absolute atomic E-state index is 14.3. The van der Waals surface area contributed by atoms with Gasteiger partial charge in [-0.1, -0.05) is 23.2 Å². The molecule has 2 unspecified atom stereocenters. The van der Waals surface area contributed by atoms with Crippen LogP contribution in [0.2, 0.25) is 5.02 Å². The Bertz CT molecular complexity index is 1850. The highest BCUT2D eigenvalue weighted by molar-refractivity contribution is 6.31. The Morgan fingerprint density at radius 2 is 1.93 bits per heavy atom. The second-order valence-corrected chi connectivity index (χ2v) is 9.68. The zero-order valence-corrected chi connectivity index (χ0v) is 21.4. The summed E-state index contributed by atoms with van der Waals surface area (Å²) < 4.78 is 107. The average Bonchev–Trinajstić information content (AvgIpc) is 3.20. The monoisotopic (exact) mass is 619 g/mol. The van der Waals surface area contributed by atoms with E-state index in [4.69, 9.17) is 30.1 Å². The Morgan fingerprint density at radius 3 is 2.61 bits per heavy atom. The van der Waals surface area contributed by atoms with Gasteiger partial charge in [0, 0.05) is 40.6 Å². The zero-order chi connectivity index (χ0) is 34.3. The molecule has 0 aliphatic carbocycles. The summed E-state index contributed by atoms with van der Waals surface area (Å²) in [4.78, 5) is 39.9. The van der Waals surface area contributed by atoms with Crippen LogP contribution in [0.25, 0.3) is 0 Å². The highest BCUT2D eigenvalue weighted by atomic mass is 35.5. The molecule has 41 heavy (non-hydrogen) atoms. The molecule has 3 aromatic rings. The van der Waals surface area contributed by atoms with E-state index in [1.54, 1.807) is 0 Å². The minimum absolute atomic E-state index is 0.0898. The first-order chi connectivity index (χ1) is 21.1. The fourth-order valence-corrected chi connectivity index (χ4v) is 5.15. The standard InChI is InChI=1S/C26H17Cl2F5N4O4/c1-2-37-21(28)14-9-17(34-22(38)10-5-11(26(31,32)33)7-13(30)6-10)19-18(20(14)35-24(37)40)23(39)36-25(19,41)15-8-12(29)3-4-16(15)27/h3-9,21,41H,2H2,1H3,(H,34,38)(H,35,40)(H,36,39)/i1D3,2D2. The van der Waals surface area contributed by atoms with Crippen LogP contribution in [0.15, 0.2) is 42.5 Å². The molecule has 2 heterocycles. The van der Waals surface area contributed by atoms with E-state index in [2.05, 4.69) is 16.0 Å². The number of carbonyl (C=O) groups is 3. The van der Waals surface area contributed by atoms with Crippen LogP contribution >= 0.6 is 23.2 Å². The average molecular weight is 620 g/mol. The van der Waals surface area contributed by atoms with Gasteiger partial charge in [0.15, 0.2) is 5.72 Å². The van der Waals surface area contributed by atoms with Crippen molar-refractivity contribution in [1.29, 1.82) is 0 Å². The van der Waals surface area contributed by atoms with Gasteiger partial charge in [-0.2, -0.15) is 13.2 Å². The first-order valence-electron chi connectivity index (χ1n) is 13.7. The number of hydrogen-bond acceptors (Lipinski definition) is 4. The summed E-state index contributed by atoms with van der Waals surface area (Å²) in [6.07, 6.45) is -5.07. The van der Waals surface area contributed by atoms with Gasteiger partial charge in [0.2, 0.25) is 0 Å². The summed E-state index contributed by atoms with van der Waals surface area (Å²) in [6.45, 7) is -6.88. The van der Waals surface area contributed by atoms with Crippen molar-refractivity contribution in [3.05, 3.63) is 92.5 Å². The molecule has 0 saturated heterocycles. The van der Waals surface area contributed by atoms with Crippen molar-refractivity contribution in [2.45, 2.75) is 24.3 Å². The number of hydrogen-bond donors (Lipinski definition) is 4. The minimum atomic E-state index is -5.07. The Hall–Kier alpha value is -3.94. The van der Waals surface area contributed by atoms with E-state index in [0.717, 1.165) is 24.3 Å². The number of urea groups is 1. The van der Waals surface area contributed by atoms with Crippen molar-refractivity contribution in [3.63, 3.8) is 0 Å². The molecule has 2 aliphatic heterocycles. The first-order valence-corrected chi connectivity index (χ1v) is 12.0. The van der Waals surface area contributed by atoms with Crippen molar-refractivity contribution in [3.8, 4) is 0 Å². The Balaban J connectivity index is 1.76. The van der Waals surface area contributed by atoms with Crippen LogP contribution in [0.1, 0.15) is 62.2 Å². The van der Waals surface area contributed by atoms with E-state index in [1.165, 1.54) is 0 Å². The van der Waals surface area contributed by atoms with Crippen molar-refractivity contribution in [1.82, 2.24) is 10.2 Å². The number of nitrogens with one attached hydrogen (secondary N) is 3. The molecule has 0 saturated carbocycles. The molecule has 3 aromatic carbocycles. The van der Waals surface area contributed by atoms with E-state index >= 15 is 0 Å². The van der Waals surface area contributed by atoms with Crippen LogP contribution in [0.4, 0.5) is 38.1 Å². The third-order valence-corrected chi connectivity index (χ3v) is 7.11. The summed E-state index contributed by atoms with van der Waals surface area (Å²) in [6, 6.07) is 2.99. The molecule has 4 N–H and O–H groups in total. The van der Waals surface area contributed by atoms with E-state index in [9.17, 15) is 41.4 Å². The summed E-state index contributed by atoms with van der Waals surface area (Å²) in [5.74, 6) is -5.00. The molecule has 0 bridgehead atoms. The van der Waals surface area contributed by atoms with Gasteiger partial charge < -0.3 is 26.0 Å². The zero-order valence-electron chi connectivity index (χ0n) is 24.9. The molecule has 0 aromatic heterocycles. The number of amides is 4. The van der Waals surface area contributed by atoms with Crippen LogP contribution in [0, 0.1) is 11.6 Å². The SMILES string of the molecule is [2H]C([2H])([2H])C([2H])([2H])N1C(=O)Nc2c(cc(NC(=O)c3cc(F)cc(C(F)(F)F)c3)c3c2C(=O)NC3(O)c2cc(F)ccc2Cl)C1Cl. The number of aliphatic hydroxyl groups is 1. The van der Waals surface area contributed by atoms with Gasteiger partial charge in [-0.15, -0.1) is 0 Å². The lowest BCUT2D eigenvalue weighted by Crippen LogP contribution is -2.41. The summed E-state index contributed by atoms with van der Waals surface area (Å²) >= 11 is 12.6. The van der Waals surface area contributed by atoms with Crippen LogP contribution < -0.4 is 16.0 Å². The van der Waals surface area contributed by atoms with Gasteiger partial charge in [-0.3, -0.25) is 9.59 Å². The van der Waals surface area contributed by atoms with Gasteiger partial charge in [0.05, 0.1) is 22.5 Å². The molecular formula is C26H17Cl2F5N4O4. The number of carbonyl (C=O) groups excluding carboxylic acids is 3. The van der Waals surface area contributed by atoms with Gasteiger partial charge in [0.1, 0.15) is 17.1 Å². The van der Waals surface area contributed by atoms with Crippen molar-refractivity contribution in [2.75, 3.05) is 17.1 Å². The Labute approximate surface area is 245 Å². The number of rotatable bonds is 4. The maximum Gasteiger partial charge on any atom is 0.416 e. The topological polar surface area (TPSA) is 111 Å². The predicted molar refractivity (Wildman–Crippen MR) is 138 cm³/mol. The third kappa shape index (κ3) is 4.73. The van der Waals surface area contributed by atoms with Gasteiger partial charge in [0.25, 0.3) is 11.8 Å². The van der Waals surface area contributed by atoms with Gasteiger partial charge >= 0.3 is 12.2 Å². The fourth-order valence-electron chi connectivity index (χ4n) is 4.59. The summed E-state index contributed by atoms with van der Waals surface area (Å²) in [5.41, 5.74) is -10.5. The second kappa shape index (κ2) is 9.86. The van der Waals surface area contributed by atoms with Crippen molar-refractivity contribution in [2.24, 2.45) is 0 Å². The number of nitrogens with zero attached hydrogens (tertiary/aromatic N) is 1. The number of anilines is 2. The molecule has 2 aliphatic rings. The molecule has 214 valence electrons. The lowest BCUT2D eigenvalue weighted by Gasteiger charge is -2.35. The minimum Gasteiger partial charge on any atom is -0.363 e. The first kappa shape index (κ1) is 22.7. The van der Waals surface area contributed by atoms with Gasteiger partial charge in [-0.25, -0.2) is 13.6 Å². The highest BCUT2D eigenvalue weighted by Crippen LogP contribution is 2.49. The quantitative estimate of drug-likeness (QED) is 0.165. The lowest BCUT2D eigenvalue weighted by atomic mass is 9.89. The number of halogens is 7. The second-order valence-electron chi connectivity index (χ2n) is 8.86. The van der Waals surface area contributed by atoms with E-state index < -0.39 is 105 Å².